The molecule has 0 N–H and O–H groups in total. The normalized spacial score (nSPS) is 12.3. The first kappa shape index (κ1) is 29.6. The Hall–Kier alpha value is -4.37. The zero-order chi connectivity index (χ0) is 29.2. The molecular formula is C32H36N6O2S. The first-order valence-corrected chi connectivity index (χ1v) is 15.3. The predicted octanol–water partition coefficient (Wildman–Crippen LogP) is 6.15. The number of aromatic nitrogens is 2. The number of nitrogens with zero attached hydrogens (tertiary/aromatic N) is 6. The van der Waals surface area contributed by atoms with E-state index >= 15 is 0 Å². The van der Waals surface area contributed by atoms with Crippen LogP contribution in [0.2, 0.25) is 0 Å². The molecular weight excluding hydrogens is 532 g/mol. The number of amidine groups is 2. The quantitative estimate of drug-likeness (QED) is 0.168. The molecule has 0 aliphatic carbocycles. The van der Waals surface area contributed by atoms with Gasteiger partial charge in [0.05, 0.1) is 21.2 Å². The van der Waals surface area contributed by atoms with E-state index < -0.39 is 9.84 Å². The van der Waals surface area contributed by atoms with Crippen molar-refractivity contribution in [3.05, 3.63) is 109 Å². The lowest BCUT2D eigenvalue weighted by atomic mass is 10.2. The lowest BCUT2D eigenvalue weighted by Crippen LogP contribution is -2.31. The average molecular weight is 569 g/mol. The maximum Gasteiger partial charge on any atom is 0.206 e. The number of pyridine rings is 2. The lowest BCUT2D eigenvalue weighted by molar-refractivity contribution is 0.466. The fraction of sp³-hybridized carbons (Fsp3) is 0.250. The minimum atomic E-state index is -3.84. The maximum absolute atomic E-state index is 13.8. The fourth-order valence-electron chi connectivity index (χ4n) is 4.49. The van der Waals surface area contributed by atoms with Gasteiger partial charge in [-0.15, -0.1) is 0 Å². The Morgan fingerprint density at radius 3 is 1.39 bits per heavy atom. The molecule has 2 aromatic carbocycles. The van der Waals surface area contributed by atoms with Gasteiger partial charge in [0.25, 0.3) is 0 Å². The highest BCUT2D eigenvalue weighted by atomic mass is 32.2. The third kappa shape index (κ3) is 7.05. The number of sulfone groups is 1. The second-order valence-corrected chi connectivity index (χ2v) is 11.1. The van der Waals surface area contributed by atoms with Crippen LogP contribution in [0.15, 0.2) is 117 Å². The largest absolute Gasteiger partial charge is 0.357 e. The van der Waals surface area contributed by atoms with E-state index in [4.69, 9.17) is 9.98 Å². The van der Waals surface area contributed by atoms with E-state index in [2.05, 4.69) is 47.5 Å². The van der Waals surface area contributed by atoms with Crippen molar-refractivity contribution in [3.8, 4) is 0 Å². The van der Waals surface area contributed by atoms with E-state index in [0.29, 0.717) is 11.4 Å². The van der Waals surface area contributed by atoms with Crippen LogP contribution in [-0.4, -0.2) is 66.0 Å². The molecule has 0 atom stereocenters. The molecule has 0 fully saturated rings. The van der Waals surface area contributed by atoms with Gasteiger partial charge in [-0.05, 0) is 88.4 Å². The molecule has 4 aromatic rings. The molecule has 212 valence electrons. The van der Waals surface area contributed by atoms with Crippen molar-refractivity contribution in [1.82, 2.24) is 19.8 Å². The van der Waals surface area contributed by atoms with Crippen molar-refractivity contribution in [3.63, 3.8) is 0 Å². The van der Waals surface area contributed by atoms with E-state index in [1.807, 2.05) is 36.4 Å². The van der Waals surface area contributed by atoms with Gasteiger partial charge in [0.2, 0.25) is 9.84 Å². The summed E-state index contributed by atoms with van der Waals surface area (Å²) in [7, 11) is -3.84. The van der Waals surface area contributed by atoms with Crippen molar-refractivity contribution < 1.29 is 8.42 Å². The number of aliphatic imine (C=N–C) groups is 2. The molecule has 0 aliphatic heterocycles. The Labute approximate surface area is 243 Å². The SMILES string of the molecule is CCN(CC)C(=Nc1cccc(S(=O)(=O)c2cccc(N=C(c3cccnc3)N(CC)CC)c2)c1)c1cccnc1. The molecule has 0 saturated carbocycles. The van der Waals surface area contributed by atoms with Crippen molar-refractivity contribution in [2.24, 2.45) is 9.98 Å². The summed E-state index contributed by atoms with van der Waals surface area (Å²) < 4.78 is 27.6. The van der Waals surface area contributed by atoms with Crippen LogP contribution in [0.1, 0.15) is 38.8 Å². The van der Waals surface area contributed by atoms with Crippen molar-refractivity contribution in [2.45, 2.75) is 37.5 Å². The van der Waals surface area contributed by atoms with Gasteiger partial charge in [-0.1, -0.05) is 12.1 Å². The van der Waals surface area contributed by atoms with Crippen LogP contribution in [0.5, 0.6) is 0 Å². The van der Waals surface area contributed by atoms with Gasteiger partial charge in [0, 0.05) is 62.1 Å². The first-order chi connectivity index (χ1) is 19.9. The minimum absolute atomic E-state index is 0.168. The zero-order valence-electron chi connectivity index (χ0n) is 24.0. The summed E-state index contributed by atoms with van der Waals surface area (Å²) >= 11 is 0. The highest BCUT2D eigenvalue weighted by molar-refractivity contribution is 7.91. The molecule has 4 rings (SSSR count). The summed E-state index contributed by atoms with van der Waals surface area (Å²) in [6.45, 7) is 11.3. The molecule has 8 nitrogen and oxygen atoms in total. The molecule has 0 amide bonds. The lowest BCUT2D eigenvalue weighted by Gasteiger charge is -2.23. The number of hydrogen-bond acceptors (Lipinski definition) is 6. The Morgan fingerprint density at radius 1 is 0.634 bits per heavy atom. The van der Waals surface area contributed by atoms with Gasteiger partial charge in [0.1, 0.15) is 11.7 Å². The summed E-state index contributed by atoms with van der Waals surface area (Å²) in [5, 5.41) is 0. The first-order valence-electron chi connectivity index (χ1n) is 13.8. The molecule has 0 saturated heterocycles. The average Bonchev–Trinajstić information content (AvgIpc) is 3.02. The molecule has 0 radical (unpaired) electrons. The Morgan fingerprint density at radius 2 is 1.05 bits per heavy atom. The summed E-state index contributed by atoms with van der Waals surface area (Å²) in [6, 6.07) is 21.1. The fourth-order valence-corrected chi connectivity index (χ4v) is 5.83. The van der Waals surface area contributed by atoms with E-state index in [0.717, 1.165) is 49.0 Å². The van der Waals surface area contributed by atoms with Gasteiger partial charge in [-0.3, -0.25) is 9.97 Å². The molecule has 0 aliphatic rings. The summed E-state index contributed by atoms with van der Waals surface area (Å²) in [5.41, 5.74) is 2.83. The van der Waals surface area contributed by atoms with Gasteiger partial charge in [-0.25, -0.2) is 18.4 Å². The number of benzene rings is 2. The van der Waals surface area contributed by atoms with Crippen LogP contribution >= 0.6 is 0 Å². The molecule has 2 aromatic heterocycles. The highest BCUT2D eigenvalue weighted by Gasteiger charge is 2.20. The zero-order valence-corrected chi connectivity index (χ0v) is 24.8. The number of rotatable bonds is 10. The van der Waals surface area contributed by atoms with E-state index in [1.165, 1.54) is 0 Å². The topological polar surface area (TPSA) is 91.1 Å². The highest BCUT2D eigenvalue weighted by Crippen LogP contribution is 2.28. The molecule has 9 heteroatoms. The molecule has 0 unspecified atom stereocenters. The van der Waals surface area contributed by atoms with Gasteiger partial charge >= 0.3 is 0 Å². The van der Waals surface area contributed by atoms with Crippen molar-refractivity contribution >= 4 is 32.9 Å². The van der Waals surface area contributed by atoms with Crippen LogP contribution in [0.4, 0.5) is 11.4 Å². The minimum Gasteiger partial charge on any atom is -0.357 e. The van der Waals surface area contributed by atoms with Crippen LogP contribution < -0.4 is 0 Å². The van der Waals surface area contributed by atoms with E-state index in [1.54, 1.807) is 61.2 Å². The smallest absolute Gasteiger partial charge is 0.206 e. The van der Waals surface area contributed by atoms with Crippen LogP contribution in [0, 0.1) is 0 Å². The van der Waals surface area contributed by atoms with Crippen LogP contribution in [-0.2, 0) is 9.84 Å². The van der Waals surface area contributed by atoms with Crippen LogP contribution in [0.3, 0.4) is 0 Å². The van der Waals surface area contributed by atoms with Gasteiger partial charge in [-0.2, -0.15) is 0 Å². The predicted molar refractivity (Wildman–Crippen MR) is 165 cm³/mol. The standard InChI is InChI=1S/C32H36N6O2S/c1-5-37(6-2)31(25-13-11-19-33-23-25)35-27-15-9-17-29(21-27)41(39,40)30-18-10-16-28(22-30)36-32(38(7-3)8-4)26-14-12-20-34-24-26/h9-24H,5-8H2,1-4H3. The molecule has 2 heterocycles. The molecule has 0 bridgehead atoms. The summed E-state index contributed by atoms with van der Waals surface area (Å²) in [4.78, 5) is 22.8. The third-order valence-corrected chi connectivity index (χ3v) is 8.44. The second-order valence-electron chi connectivity index (χ2n) is 9.20. The van der Waals surface area contributed by atoms with E-state index in [9.17, 15) is 8.42 Å². The summed E-state index contributed by atoms with van der Waals surface area (Å²) in [5.74, 6) is 1.49. The Bertz CT molecular complexity index is 1480. The third-order valence-electron chi connectivity index (χ3n) is 6.69. The second kappa shape index (κ2) is 13.8. The van der Waals surface area contributed by atoms with E-state index in [-0.39, 0.29) is 9.79 Å². The molecule has 41 heavy (non-hydrogen) atoms. The Balaban J connectivity index is 1.74. The van der Waals surface area contributed by atoms with Gasteiger partial charge in [0.15, 0.2) is 0 Å². The van der Waals surface area contributed by atoms with Crippen molar-refractivity contribution in [1.29, 1.82) is 0 Å². The summed E-state index contributed by atoms with van der Waals surface area (Å²) in [6.07, 6.45) is 6.97. The monoisotopic (exact) mass is 568 g/mol. The Kier molecular flexibility index (Phi) is 9.97. The van der Waals surface area contributed by atoms with Crippen LogP contribution in [0.25, 0.3) is 0 Å². The van der Waals surface area contributed by atoms with Crippen molar-refractivity contribution in [2.75, 3.05) is 26.2 Å². The van der Waals surface area contributed by atoms with Gasteiger partial charge < -0.3 is 9.80 Å². The number of hydrogen-bond donors (Lipinski definition) is 0. The maximum atomic E-state index is 13.8. The molecule has 0 spiro atoms.